The third-order valence-electron chi connectivity index (χ3n) is 4.64. The zero-order valence-corrected chi connectivity index (χ0v) is 14.9. The number of rotatable bonds is 4. The van der Waals surface area contributed by atoms with Crippen molar-refractivity contribution in [2.75, 3.05) is 11.4 Å². The minimum Gasteiger partial charge on any atom is -0.485 e. The molecule has 0 saturated carbocycles. The van der Waals surface area contributed by atoms with Crippen molar-refractivity contribution < 1.29 is 24.1 Å². The lowest BCUT2D eigenvalue weighted by Crippen LogP contribution is -2.54. The van der Waals surface area contributed by atoms with Gasteiger partial charge >= 0.3 is 5.97 Å². The second-order valence-corrected chi connectivity index (χ2v) is 6.96. The first-order valence-corrected chi connectivity index (χ1v) is 8.38. The summed E-state index contributed by atoms with van der Waals surface area (Å²) in [6.45, 7) is 2.99. The first-order chi connectivity index (χ1) is 12.7. The van der Waals surface area contributed by atoms with Gasteiger partial charge in [-0.3, -0.25) is 4.79 Å². The molecule has 0 spiro atoms. The number of carboxylic acids is 1. The predicted molar refractivity (Wildman–Crippen MR) is 96.0 cm³/mol. The summed E-state index contributed by atoms with van der Waals surface area (Å²) in [5.41, 5.74) is 0.312. The number of benzene rings is 2. The second kappa shape index (κ2) is 6.89. The molecule has 0 saturated heterocycles. The third kappa shape index (κ3) is 3.57. The molecule has 1 heterocycles. The summed E-state index contributed by atoms with van der Waals surface area (Å²) in [7, 11) is 0. The molecule has 1 aliphatic rings. The Morgan fingerprint density at radius 1 is 1.30 bits per heavy atom. The van der Waals surface area contributed by atoms with Crippen LogP contribution in [0.15, 0.2) is 42.5 Å². The fourth-order valence-corrected chi connectivity index (χ4v) is 3.30. The molecule has 0 bridgehead atoms. The topological polar surface area (TPSA) is 93.8 Å². The number of carboxylic acid groups (broad SMARTS) is 1. The molecule has 1 aliphatic heterocycles. The lowest BCUT2D eigenvalue weighted by Gasteiger charge is -2.46. The van der Waals surface area contributed by atoms with Crippen LogP contribution in [0.5, 0.6) is 5.75 Å². The average molecular weight is 370 g/mol. The van der Waals surface area contributed by atoms with Crippen LogP contribution in [0.3, 0.4) is 0 Å². The standard InChI is InChI=1S/C20H19FN2O4/c1-20(2)19(26)18(15-9-12(10-22)3-8-16(15)27-20)23(11-17(24)25)14-6-4-13(21)5-7-14/h3-9,18-19,26H,11H2,1-2H3,(H,24,25). The second-order valence-electron chi connectivity index (χ2n) is 6.96. The Morgan fingerprint density at radius 2 is 1.96 bits per heavy atom. The van der Waals surface area contributed by atoms with Crippen LogP contribution in [0.4, 0.5) is 10.1 Å². The van der Waals surface area contributed by atoms with Gasteiger partial charge in [0.1, 0.15) is 29.8 Å². The van der Waals surface area contributed by atoms with Crippen molar-refractivity contribution in [3.8, 4) is 11.8 Å². The molecule has 2 N–H and O–H groups in total. The number of carbonyl (C=O) groups is 1. The van der Waals surface area contributed by atoms with Crippen molar-refractivity contribution in [3.05, 3.63) is 59.4 Å². The van der Waals surface area contributed by atoms with Crippen LogP contribution in [0, 0.1) is 17.1 Å². The van der Waals surface area contributed by atoms with Crippen molar-refractivity contribution >= 4 is 11.7 Å². The monoisotopic (exact) mass is 370 g/mol. The van der Waals surface area contributed by atoms with Crippen LogP contribution < -0.4 is 9.64 Å². The highest BCUT2D eigenvalue weighted by atomic mass is 19.1. The molecule has 140 valence electrons. The zero-order valence-electron chi connectivity index (χ0n) is 14.9. The van der Waals surface area contributed by atoms with E-state index in [4.69, 9.17) is 4.74 Å². The van der Waals surface area contributed by atoms with E-state index in [1.54, 1.807) is 32.0 Å². The third-order valence-corrected chi connectivity index (χ3v) is 4.64. The number of aliphatic carboxylic acids is 1. The van der Waals surface area contributed by atoms with Gasteiger partial charge in [-0.1, -0.05) is 0 Å². The average Bonchev–Trinajstić information content (AvgIpc) is 2.61. The molecule has 0 radical (unpaired) electrons. The largest absolute Gasteiger partial charge is 0.485 e. The van der Waals surface area contributed by atoms with E-state index in [9.17, 15) is 24.7 Å². The first kappa shape index (κ1) is 18.7. The Morgan fingerprint density at radius 3 is 2.56 bits per heavy atom. The van der Waals surface area contributed by atoms with Gasteiger partial charge in [-0.15, -0.1) is 0 Å². The maximum absolute atomic E-state index is 13.4. The summed E-state index contributed by atoms with van der Waals surface area (Å²) in [5.74, 6) is -1.09. The molecule has 0 aromatic heterocycles. The Hall–Kier alpha value is -3.11. The molecule has 0 aliphatic carbocycles. The quantitative estimate of drug-likeness (QED) is 0.860. The van der Waals surface area contributed by atoms with Gasteiger partial charge in [0.25, 0.3) is 0 Å². The predicted octanol–water partition coefficient (Wildman–Crippen LogP) is 2.86. The lowest BCUT2D eigenvalue weighted by molar-refractivity contribution is -0.135. The summed E-state index contributed by atoms with van der Waals surface area (Å²) >= 11 is 0. The SMILES string of the molecule is CC1(C)Oc2ccc(C#N)cc2C(N(CC(=O)O)c2ccc(F)cc2)C1O. The van der Waals surface area contributed by atoms with Crippen LogP contribution in [-0.4, -0.2) is 34.4 Å². The van der Waals surface area contributed by atoms with Gasteiger partial charge in [0, 0.05) is 11.3 Å². The Balaban J connectivity index is 2.18. The van der Waals surface area contributed by atoms with E-state index < -0.39 is 36.1 Å². The number of aliphatic hydroxyl groups excluding tert-OH is 1. The maximum Gasteiger partial charge on any atom is 0.323 e. The van der Waals surface area contributed by atoms with Gasteiger partial charge in [-0.2, -0.15) is 5.26 Å². The summed E-state index contributed by atoms with van der Waals surface area (Å²) in [6, 6.07) is 11.4. The summed E-state index contributed by atoms with van der Waals surface area (Å²) in [5, 5.41) is 29.6. The number of hydrogen-bond acceptors (Lipinski definition) is 5. The number of nitrogens with zero attached hydrogens (tertiary/aromatic N) is 2. The molecule has 0 fully saturated rings. The summed E-state index contributed by atoms with van der Waals surface area (Å²) in [4.78, 5) is 13.0. The molecular formula is C20H19FN2O4. The highest BCUT2D eigenvalue weighted by Crippen LogP contribution is 2.44. The van der Waals surface area contributed by atoms with Crippen molar-refractivity contribution in [2.24, 2.45) is 0 Å². The molecular weight excluding hydrogens is 351 g/mol. The number of hydrogen-bond donors (Lipinski definition) is 2. The van der Waals surface area contributed by atoms with Crippen LogP contribution in [0.1, 0.15) is 31.0 Å². The molecule has 27 heavy (non-hydrogen) atoms. The van der Waals surface area contributed by atoms with Crippen molar-refractivity contribution in [3.63, 3.8) is 0 Å². The van der Waals surface area contributed by atoms with E-state index in [0.29, 0.717) is 22.6 Å². The summed E-state index contributed by atoms with van der Waals surface area (Å²) in [6.07, 6.45) is -1.09. The van der Waals surface area contributed by atoms with Gasteiger partial charge in [-0.05, 0) is 56.3 Å². The Bertz CT molecular complexity index is 905. The van der Waals surface area contributed by atoms with Gasteiger partial charge < -0.3 is 19.8 Å². The van der Waals surface area contributed by atoms with Gasteiger partial charge in [0.15, 0.2) is 0 Å². The number of halogens is 1. The maximum atomic E-state index is 13.4. The number of nitriles is 1. The molecule has 0 amide bonds. The number of anilines is 1. The van der Waals surface area contributed by atoms with Gasteiger partial charge in [0.2, 0.25) is 0 Å². The minimum absolute atomic E-state index is 0.364. The normalized spacial score (nSPS) is 20.1. The van der Waals surface area contributed by atoms with Gasteiger partial charge in [-0.25, -0.2) is 4.39 Å². The molecule has 2 atom stereocenters. The van der Waals surface area contributed by atoms with Crippen molar-refractivity contribution in [1.29, 1.82) is 5.26 Å². The first-order valence-electron chi connectivity index (χ1n) is 8.38. The van der Waals surface area contributed by atoms with E-state index >= 15 is 0 Å². The van der Waals surface area contributed by atoms with Gasteiger partial charge in [0.05, 0.1) is 17.7 Å². The Labute approximate surface area is 156 Å². The minimum atomic E-state index is -1.10. The molecule has 3 rings (SSSR count). The van der Waals surface area contributed by atoms with E-state index in [-0.39, 0.29) is 0 Å². The highest BCUT2D eigenvalue weighted by Gasteiger charge is 2.46. The number of aliphatic hydroxyl groups is 1. The van der Waals surface area contributed by atoms with Crippen molar-refractivity contribution in [1.82, 2.24) is 0 Å². The lowest BCUT2D eigenvalue weighted by atomic mass is 9.84. The number of fused-ring (bicyclic) bond motifs is 1. The van der Waals surface area contributed by atoms with E-state index in [1.165, 1.54) is 29.2 Å². The summed E-state index contributed by atoms with van der Waals surface area (Å²) < 4.78 is 19.2. The molecule has 2 aromatic rings. The van der Waals surface area contributed by atoms with Crippen molar-refractivity contribution in [2.45, 2.75) is 31.6 Å². The zero-order chi connectivity index (χ0) is 19.8. The molecule has 7 heteroatoms. The van der Waals surface area contributed by atoms with Crippen LogP contribution >= 0.6 is 0 Å². The number of ether oxygens (including phenoxy) is 1. The Kier molecular flexibility index (Phi) is 4.77. The molecule has 2 aromatic carbocycles. The van der Waals surface area contributed by atoms with E-state index in [2.05, 4.69) is 0 Å². The van der Waals surface area contributed by atoms with Crippen LogP contribution in [0.25, 0.3) is 0 Å². The van der Waals surface area contributed by atoms with E-state index in [1.807, 2.05) is 6.07 Å². The van der Waals surface area contributed by atoms with Crippen LogP contribution in [0.2, 0.25) is 0 Å². The smallest absolute Gasteiger partial charge is 0.323 e. The fourth-order valence-electron chi connectivity index (χ4n) is 3.30. The van der Waals surface area contributed by atoms with Crippen LogP contribution in [-0.2, 0) is 4.79 Å². The fraction of sp³-hybridized carbons (Fsp3) is 0.300. The molecule has 2 unspecified atom stereocenters. The highest BCUT2D eigenvalue weighted by molar-refractivity contribution is 5.74. The van der Waals surface area contributed by atoms with E-state index in [0.717, 1.165) is 0 Å². The molecule has 6 nitrogen and oxygen atoms in total.